The second-order valence-corrected chi connectivity index (χ2v) is 7.91. The van der Waals surface area contributed by atoms with E-state index in [2.05, 4.69) is 15.3 Å². The Labute approximate surface area is 187 Å². The van der Waals surface area contributed by atoms with Crippen molar-refractivity contribution in [2.75, 3.05) is 5.32 Å². The number of aromatic nitrogens is 2. The zero-order valence-electron chi connectivity index (χ0n) is 17.2. The zero-order chi connectivity index (χ0) is 22.5. The van der Waals surface area contributed by atoms with Crippen LogP contribution in [0.5, 0.6) is 11.5 Å². The van der Waals surface area contributed by atoms with Gasteiger partial charge in [-0.15, -0.1) is 0 Å². The first kappa shape index (κ1) is 19.1. The molecule has 160 valence electrons. The van der Waals surface area contributed by atoms with Gasteiger partial charge in [-0.2, -0.15) is 0 Å². The van der Waals surface area contributed by atoms with E-state index in [-0.39, 0.29) is 17.2 Å². The van der Waals surface area contributed by atoms with Crippen LogP contribution in [0.2, 0.25) is 0 Å². The molecule has 0 spiro atoms. The molecule has 0 unspecified atom stereocenters. The lowest BCUT2D eigenvalue weighted by atomic mass is 9.81. The second kappa shape index (κ2) is 7.20. The van der Waals surface area contributed by atoms with Gasteiger partial charge in [0.05, 0.1) is 11.3 Å². The van der Waals surface area contributed by atoms with Crippen molar-refractivity contribution in [1.29, 1.82) is 0 Å². The molecule has 7 heteroatoms. The molecule has 6 rings (SSSR count). The van der Waals surface area contributed by atoms with Crippen molar-refractivity contribution in [2.24, 2.45) is 0 Å². The summed E-state index contributed by atoms with van der Waals surface area (Å²) in [5.41, 5.74) is 2.20. The van der Waals surface area contributed by atoms with Gasteiger partial charge in [-0.3, -0.25) is 19.6 Å². The Balaban J connectivity index is 1.55. The molecule has 7 nitrogen and oxygen atoms in total. The summed E-state index contributed by atoms with van der Waals surface area (Å²) in [6.07, 6.45) is 0. The number of ketones is 1. The van der Waals surface area contributed by atoms with Gasteiger partial charge in [0.15, 0.2) is 5.78 Å². The molecule has 4 aromatic rings. The Morgan fingerprint density at radius 3 is 2.27 bits per heavy atom. The minimum Gasteiger partial charge on any atom is -0.457 e. The molecule has 1 aromatic heterocycles. The molecule has 33 heavy (non-hydrogen) atoms. The number of aromatic amines is 2. The topological polar surface area (TPSA) is 104 Å². The number of carbonyl (C=O) groups is 1. The number of Topliss-reactive ketones (excluding diaryl/α,β-unsaturated/α-hetero) is 1. The highest BCUT2D eigenvalue weighted by Crippen LogP contribution is 2.47. The first-order chi connectivity index (χ1) is 16.1. The highest BCUT2D eigenvalue weighted by atomic mass is 16.5. The van der Waals surface area contributed by atoms with Crippen LogP contribution in [0.4, 0.5) is 5.82 Å². The molecule has 1 aliphatic heterocycles. The van der Waals surface area contributed by atoms with Crippen molar-refractivity contribution in [3.8, 4) is 11.5 Å². The van der Waals surface area contributed by atoms with Gasteiger partial charge in [0.25, 0.3) is 5.56 Å². The average Bonchev–Trinajstić information content (AvgIpc) is 3.10. The van der Waals surface area contributed by atoms with Crippen molar-refractivity contribution < 1.29 is 9.53 Å². The monoisotopic (exact) mass is 435 g/mol. The maximum Gasteiger partial charge on any atom is 0.327 e. The molecular formula is C26H17N3O4. The number of nitrogens with one attached hydrogen (secondary N) is 3. The van der Waals surface area contributed by atoms with Gasteiger partial charge in [0, 0.05) is 22.6 Å². The van der Waals surface area contributed by atoms with E-state index < -0.39 is 17.2 Å². The van der Waals surface area contributed by atoms with Gasteiger partial charge in [0.1, 0.15) is 17.3 Å². The lowest BCUT2D eigenvalue weighted by Crippen LogP contribution is -2.33. The molecule has 0 fully saturated rings. The lowest BCUT2D eigenvalue weighted by molar-refractivity contribution is 0.103. The number of para-hydroxylation sites is 1. The number of hydrogen-bond acceptors (Lipinski definition) is 5. The van der Waals surface area contributed by atoms with Gasteiger partial charge in [0.2, 0.25) is 0 Å². The summed E-state index contributed by atoms with van der Waals surface area (Å²) in [7, 11) is 0. The number of anilines is 1. The van der Waals surface area contributed by atoms with E-state index in [0.29, 0.717) is 33.9 Å². The van der Waals surface area contributed by atoms with Crippen LogP contribution in [-0.2, 0) is 0 Å². The molecule has 2 aliphatic rings. The molecular weight excluding hydrogens is 418 g/mol. The predicted octanol–water partition coefficient (Wildman–Crippen LogP) is 4.02. The fourth-order valence-electron chi connectivity index (χ4n) is 4.57. The summed E-state index contributed by atoms with van der Waals surface area (Å²) in [4.78, 5) is 43.4. The highest BCUT2D eigenvalue weighted by Gasteiger charge is 2.41. The molecule has 1 atom stereocenters. The average molecular weight is 435 g/mol. The third kappa shape index (κ3) is 3.02. The number of benzene rings is 3. The van der Waals surface area contributed by atoms with Gasteiger partial charge >= 0.3 is 5.69 Å². The molecule has 0 radical (unpaired) electrons. The lowest BCUT2D eigenvalue weighted by Gasteiger charge is -2.27. The summed E-state index contributed by atoms with van der Waals surface area (Å²) in [6.45, 7) is 0. The first-order valence-electron chi connectivity index (χ1n) is 10.4. The van der Waals surface area contributed by atoms with E-state index in [1.165, 1.54) is 0 Å². The molecule has 0 amide bonds. The molecule has 1 aliphatic carbocycles. The van der Waals surface area contributed by atoms with Crippen LogP contribution >= 0.6 is 0 Å². The Kier molecular flexibility index (Phi) is 4.16. The second-order valence-electron chi connectivity index (χ2n) is 7.91. The maximum absolute atomic E-state index is 13.5. The number of carbonyl (C=O) groups excluding carboxylic acids is 1. The third-order valence-electron chi connectivity index (χ3n) is 5.93. The Morgan fingerprint density at radius 1 is 0.727 bits per heavy atom. The zero-order valence-corrected chi connectivity index (χ0v) is 17.2. The summed E-state index contributed by atoms with van der Waals surface area (Å²) in [5, 5.41) is 3.13. The fraction of sp³-hybridized carbons (Fsp3) is 0.0385. The van der Waals surface area contributed by atoms with E-state index in [4.69, 9.17) is 4.74 Å². The summed E-state index contributed by atoms with van der Waals surface area (Å²) >= 11 is 0. The van der Waals surface area contributed by atoms with E-state index in [1.54, 1.807) is 12.1 Å². The van der Waals surface area contributed by atoms with E-state index in [1.807, 2.05) is 66.7 Å². The minimum atomic E-state index is -0.684. The quantitative estimate of drug-likeness (QED) is 0.451. The smallest absolute Gasteiger partial charge is 0.327 e. The SMILES string of the molecule is O=C1C2=C(Nc3[nH]c(=O)[nH]c(=O)c3[C@H]2c2cccc(Oc3ccccc3)c2)c2ccccc21. The van der Waals surface area contributed by atoms with Crippen molar-refractivity contribution in [3.05, 3.63) is 128 Å². The van der Waals surface area contributed by atoms with Crippen LogP contribution in [0, 0.1) is 0 Å². The Hall–Kier alpha value is -4.65. The molecule has 0 saturated heterocycles. The Bertz CT molecular complexity index is 1580. The largest absolute Gasteiger partial charge is 0.457 e. The number of rotatable bonds is 3. The van der Waals surface area contributed by atoms with Gasteiger partial charge in [-0.25, -0.2) is 4.79 Å². The number of fused-ring (bicyclic) bond motifs is 3. The van der Waals surface area contributed by atoms with E-state index >= 15 is 0 Å². The summed E-state index contributed by atoms with van der Waals surface area (Å²) < 4.78 is 5.99. The van der Waals surface area contributed by atoms with Crippen molar-refractivity contribution in [1.82, 2.24) is 9.97 Å². The van der Waals surface area contributed by atoms with Crippen LogP contribution in [0.1, 0.15) is 33.0 Å². The molecule has 3 aromatic carbocycles. The van der Waals surface area contributed by atoms with Crippen LogP contribution < -0.4 is 21.3 Å². The number of ether oxygens (including phenoxy) is 1. The molecule has 0 saturated carbocycles. The maximum atomic E-state index is 13.5. The standard InChI is InChI=1S/C26H17N3O4/c30-23-18-12-5-4-11-17(18)22-20(23)19(21-24(27-22)28-26(32)29-25(21)31)14-7-6-10-16(13-14)33-15-8-2-1-3-9-15/h1-13,19H,(H3,27,28,29,31,32)/t19-/m0/s1. The summed E-state index contributed by atoms with van der Waals surface area (Å²) in [6, 6.07) is 23.9. The van der Waals surface area contributed by atoms with E-state index in [9.17, 15) is 14.4 Å². The fourth-order valence-corrected chi connectivity index (χ4v) is 4.57. The Morgan fingerprint density at radius 2 is 1.45 bits per heavy atom. The number of allylic oxidation sites excluding steroid dienone is 1. The van der Waals surface area contributed by atoms with E-state index in [0.717, 1.165) is 5.56 Å². The van der Waals surface area contributed by atoms with Crippen LogP contribution in [-0.4, -0.2) is 15.8 Å². The van der Waals surface area contributed by atoms with Crippen molar-refractivity contribution in [2.45, 2.75) is 5.92 Å². The van der Waals surface area contributed by atoms with Crippen LogP contribution in [0.15, 0.2) is 94.0 Å². The highest BCUT2D eigenvalue weighted by molar-refractivity contribution is 6.23. The van der Waals surface area contributed by atoms with Gasteiger partial charge in [-0.1, -0.05) is 54.6 Å². The molecule has 3 N–H and O–H groups in total. The summed E-state index contributed by atoms with van der Waals surface area (Å²) in [5.74, 6) is 0.697. The number of hydrogen-bond donors (Lipinski definition) is 3. The van der Waals surface area contributed by atoms with Gasteiger partial charge in [-0.05, 0) is 29.8 Å². The van der Waals surface area contributed by atoms with Crippen LogP contribution in [0.25, 0.3) is 5.70 Å². The molecule has 0 bridgehead atoms. The van der Waals surface area contributed by atoms with Crippen LogP contribution in [0.3, 0.4) is 0 Å². The normalized spacial score (nSPS) is 16.0. The van der Waals surface area contributed by atoms with Crippen molar-refractivity contribution in [3.63, 3.8) is 0 Å². The third-order valence-corrected chi connectivity index (χ3v) is 5.93. The first-order valence-corrected chi connectivity index (χ1v) is 10.4. The predicted molar refractivity (Wildman–Crippen MR) is 124 cm³/mol. The minimum absolute atomic E-state index is 0.149. The number of H-pyrrole nitrogens is 2. The van der Waals surface area contributed by atoms with Gasteiger partial charge < -0.3 is 10.1 Å². The molecule has 2 heterocycles. The van der Waals surface area contributed by atoms with Crippen molar-refractivity contribution >= 4 is 17.3 Å².